The van der Waals surface area contributed by atoms with E-state index in [4.69, 9.17) is 0 Å². The molecule has 3 rings (SSSR count). The van der Waals surface area contributed by atoms with Gasteiger partial charge in [0.1, 0.15) is 5.69 Å². The molecule has 132 valence electrons. The van der Waals surface area contributed by atoms with E-state index in [0.29, 0.717) is 6.42 Å². The summed E-state index contributed by atoms with van der Waals surface area (Å²) in [7, 11) is 5.96. The van der Waals surface area contributed by atoms with Gasteiger partial charge in [0.15, 0.2) is 0 Å². The van der Waals surface area contributed by atoms with E-state index >= 15 is 0 Å². The highest BCUT2D eigenvalue weighted by molar-refractivity contribution is 5.92. The van der Waals surface area contributed by atoms with Gasteiger partial charge in [-0.15, -0.1) is 0 Å². The predicted octanol–water partition coefficient (Wildman–Crippen LogP) is 1.04. The van der Waals surface area contributed by atoms with E-state index in [9.17, 15) is 9.59 Å². The quantitative estimate of drug-likeness (QED) is 0.828. The summed E-state index contributed by atoms with van der Waals surface area (Å²) in [4.78, 5) is 31.0. The summed E-state index contributed by atoms with van der Waals surface area (Å²) in [6.07, 6.45) is 4.39. The number of aromatic nitrogens is 1. The van der Waals surface area contributed by atoms with Crippen LogP contribution in [0.4, 0.5) is 0 Å². The minimum atomic E-state index is 0.0778. The zero-order chi connectivity index (χ0) is 17.3. The van der Waals surface area contributed by atoms with E-state index in [-0.39, 0.29) is 17.2 Å². The van der Waals surface area contributed by atoms with Crippen molar-refractivity contribution in [2.24, 2.45) is 12.5 Å². The summed E-state index contributed by atoms with van der Waals surface area (Å²) in [6, 6.07) is 3.77. The number of aryl methyl sites for hydroxylation is 1. The molecule has 0 saturated carbocycles. The highest BCUT2D eigenvalue weighted by Gasteiger charge is 2.45. The van der Waals surface area contributed by atoms with E-state index in [0.717, 1.165) is 51.3 Å². The fraction of sp³-hybridized carbons (Fsp3) is 0.667. The first-order valence-corrected chi connectivity index (χ1v) is 8.73. The Hall–Kier alpha value is -1.82. The number of likely N-dealkylation sites (N-methyl/N-ethyl adjacent to an activating group) is 1. The Morgan fingerprint density at radius 3 is 2.58 bits per heavy atom. The summed E-state index contributed by atoms with van der Waals surface area (Å²) in [5.74, 6) is 0.380. The molecule has 0 radical (unpaired) electrons. The van der Waals surface area contributed by atoms with Crippen LogP contribution in [-0.4, -0.2) is 77.9 Å². The number of amides is 2. The first-order valence-electron chi connectivity index (χ1n) is 8.73. The molecule has 0 aliphatic carbocycles. The van der Waals surface area contributed by atoms with Crippen molar-refractivity contribution in [1.29, 1.82) is 0 Å². The maximum atomic E-state index is 12.6. The molecule has 2 aliphatic heterocycles. The third-order valence-corrected chi connectivity index (χ3v) is 5.50. The van der Waals surface area contributed by atoms with Crippen LogP contribution in [-0.2, 0) is 11.8 Å². The van der Waals surface area contributed by atoms with Crippen molar-refractivity contribution in [3.63, 3.8) is 0 Å². The lowest BCUT2D eigenvalue weighted by Crippen LogP contribution is -2.45. The molecule has 6 heteroatoms. The Balaban J connectivity index is 1.58. The van der Waals surface area contributed by atoms with E-state index < -0.39 is 0 Å². The molecule has 2 amide bonds. The van der Waals surface area contributed by atoms with Crippen LogP contribution in [0.3, 0.4) is 0 Å². The number of piperidine rings is 1. The topological polar surface area (TPSA) is 48.8 Å². The summed E-state index contributed by atoms with van der Waals surface area (Å²) < 4.78 is 1.87. The van der Waals surface area contributed by atoms with E-state index in [2.05, 4.69) is 4.90 Å². The molecule has 0 atom stereocenters. The second-order valence-electron chi connectivity index (χ2n) is 7.59. The number of carbonyl (C=O) groups is 2. The van der Waals surface area contributed by atoms with E-state index in [1.165, 1.54) is 0 Å². The van der Waals surface area contributed by atoms with Crippen LogP contribution >= 0.6 is 0 Å². The predicted molar refractivity (Wildman–Crippen MR) is 92.7 cm³/mol. The van der Waals surface area contributed by atoms with Crippen LogP contribution in [0.2, 0.25) is 0 Å². The van der Waals surface area contributed by atoms with E-state index in [1.807, 2.05) is 53.8 Å². The summed E-state index contributed by atoms with van der Waals surface area (Å²) in [6.45, 7) is 4.06. The Morgan fingerprint density at radius 2 is 2.00 bits per heavy atom. The smallest absolute Gasteiger partial charge is 0.270 e. The fourth-order valence-corrected chi connectivity index (χ4v) is 3.87. The zero-order valence-corrected chi connectivity index (χ0v) is 15.0. The summed E-state index contributed by atoms with van der Waals surface area (Å²) in [5.41, 5.74) is 0.815. The number of hydrogen-bond acceptors (Lipinski definition) is 3. The van der Waals surface area contributed by atoms with Crippen LogP contribution in [0.5, 0.6) is 0 Å². The second-order valence-corrected chi connectivity index (χ2v) is 7.59. The first-order chi connectivity index (χ1) is 11.4. The van der Waals surface area contributed by atoms with Crippen molar-refractivity contribution in [2.75, 3.05) is 46.8 Å². The first kappa shape index (κ1) is 17.0. The van der Waals surface area contributed by atoms with Crippen LogP contribution in [0, 0.1) is 5.41 Å². The average Bonchev–Trinajstić information content (AvgIpc) is 3.09. The Bertz CT molecular complexity index is 614. The summed E-state index contributed by atoms with van der Waals surface area (Å²) in [5, 5.41) is 0. The summed E-state index contributed by atoms with van der Waals surface area (Å²) >= 11 is 0. The van der Waals surface area contributed by atoms with Crippen LogP contribution in [0.25, 0.3) is 0 Å². The Morgan fingerprint density at radius 1 is 1.29 bits per heavy atom. The molecule has 6 nitrogen and oxygen atoms in total. The number of hydrogen-bond donors (Lipinski definition) is 0. The average molecular weight is 332 g/mol. The monoisotopic (exact) mass is 332 g/mol. The van der Waals surface area contributed by atoms with Gasteiger partial charge in [-0.3, -0.25) is 9.59 Å². The molecule has 0 aromatic carbocycles. The lowest BCUT2D eigenvalue weighted by molar-refractivity contribution is -0.127. The minimum Gasteiger partial charge on any atom is -0.347 e. The SMILES string of the molecule is CN(C)CCN1CC2(CCN(C(=O)c3cccn3C)CC2)CC1=O. The molecule has 24 heavy (non-hydrogen) atoms. The van der Waals surface area contributed by atoms with Crippen LogP contribution < -0.4 is 0 Å². The number of nitrogens with zero attached hydrogens (tertiary/aromatic N) is 4. The van der Waals surface area contributed by atoms with Gasteiger partial charge < -0.3 is 19.3 Å². The Labute approximate surface area is 144 Å². The van der Waals surface area contributed by atoms with Gasteiger partial charge in [-0.25, -0.2) is 0 Å². The van der Waals surface area contributed by atoms with Crippen molar-refractivity contribution < 1.29 is 9.59 Å². The van der Waals surface area contributed by atoms with Crippen molar-refractivity contribution in [3.8, 4) is 0 Å². The molecular formula is C18H28N4O2. The molecule has 0 unspecified atom stereocenters. The fourth-order valence-electron chi connectivity index (χ4n) is 3.87. The van der Waals surface area contributed by atoms with Gasteiger partial charge >= 0.3 is 0 Å². The molecule has 2 fully saturated rings. The van der Waals surface area contributed by atoms with Gasteiger partial charge in [0.05, 0.1) is 0 Å². The molecule has 0 bridgehead atoms. The highest BCUT2D eigenvalue weighted by atomic mass is 16.2. The third kappa shape index (κ3) is 3.34. The Kier molecular flexibility index (Phi) is 4.67. The standard InChI is InChI=1S/C18H28N4O2/c1-19(2)11-12-22-14-18(13-16(22)23)6-9-21(10-7-18)17(24)15-5-4-8-20(15)3/h4-5,8H,6-7,9-14H2,1-3H3. The van der Waals surface area contributed by atoms with Gasteiger partial charge in [0.25, 0.3) is 5.91 Å². The molecule has 1 spiro atoms. The molecule has 0 N–H and O–H groups in total. The van der Waals surface area contributed by atoms with Gasteiger partial charge in [-0.2, -0.15) is 0 Å². The van der Waals surface area contributed by atoms with Crippen LogP contribution in [0.15, 0.2) is 18.3 Å². The number of carbonyl (C=O) groups excluding carboxylic acids is 2. The van der Waals surface area contributed by atoms with Crippen molar-refractivity contribution in [3.05, 3.63) is 24.0 Å². The second kappa shape index (κ2) is 6.59. The molecule has 2 aliphatic rings. The molecular weight excluding hydrogens is 304 g/mol. The minimum absolute atomic E-state index is 0.0778. The van der Waals surface area contributed by atoms with E-state index in [1.54, 1.807) is 0 Å². The normalized spacial score (nSPS) is 20.4. The third-order valence-electron chi connectivity index (χ3n) is 5.50. The number of likely N-dealkylation sites (tertiary alicyclic amines) is 2. The molecule has 3 heterocycles. The van der Waals surface area contributed by atoms with Crippen LogP contribution in [0.1, 0.15) is 29.8 Å². The maximum Gasteiger partial charge on any atom is 0.270 e. The molecule has 1 aromatic heterocycles. The molecule has 1 aromatic rings. The van der Waals surface area contributed by atoms with Crippen molar-refractivity contribution in [1.82, 2.24) is 19.3 Å². The lowest BCUT2D eigenvalue weighted by Gasteiger charge is -2.38. The highest BCUT2D eigenvalue weighted by Crippen LogP contribution is 2.41. The maximum absolute atomic E-state index is 12.6. The largest absolute Gasteiger partial charge is 0.347 e. The zero-order valence-electron chi connectivity index (χ0n) is 15.0. The lowest BCUT2D eigenvalue weighted by atomic mass is 9.77. The number of rotatable bonds is 4. The van der Waals surface area contributed by atoms with Crippen molar-refractivity contribution in [2.45, 2.75) is 19.3 Å². The van der Waals surface area contributed by atoms with Gasteiger partial charge in [-0.05, 0) is 39.1 Å². The van der Waals surface area contributed by atoms with Gasteiger partial charge in [-0.1, -0.05) is 0 Å². The van der Waals surface area contributed by atoms with Crippen molar-refractivity contribution >= 4 is 11.8 Å². The van der Waals surface area contributed by atoms with Gasteiger partial charge in [0.2, 0.25) is 5.91 Å². The molecule has 2 saturated heterocycles. The van der Waals surface area contributed by atoms with Gasteiger partial charge in [0, 0.05) is 57.8 Å².